The van der Waals surface area contributed by atoms with Crippen molar-refractivity contribution in [3.05, 3.63) is 34.1 Å². The van der Waals surface area contributed by atoms with Crippen molar-refractivity contribution in [3.63, 3.8) is 0 Å². The minimum atomic E-state index is 0.517. The molecule has 90 valence electrons. The van der Waals surface area contributed by atoms with Gasteiger partial charge in [0.25, 0.3) is 0 Å². The van der Waals surface area contributed by atoms with E-state index < -0.39 is 0 Å². The third kappa shape index (κ3) is 2.76. The summed E-state index contributed by atoms with van der Waals surface area (Å²) in [5.41, 5.74) is 0.868. The van der Waals surface area contributed by atoms with Gasteiger partial charge >= 0.3 is 0 Å². The lowest BCUT2D eigenvalue weighted by molar-refractivity contribution is 0.813. The Kier molecular flexibility index (Phi) is 3.97. The Morgan fingerprint density at radius 2 is 2.06 bits per heavy atom. The van der Waals surface area contributed by atoms with Crippen LogP contribution in [0.2, 0.25) is 10.0 Å². The fourth-order valence-corrected chi connectivity index (χ4v) is 2.30. The van der Waals surface area contributed by atoms with Crippen LogP contribution in [0.25, 0.3) is 5.69 Å². The second kappa shape index (κ2) is 5.29. The average molecular weight is 288 g/mol. The van der Waals surface area contributed by atoms with E-state index in [2.05, 4.69) is 17.0 Å². The fraction of sp³-hybridized carbons (Fsp3) is 0.273. The highest BCUT2D eigenvalue weighted by atomic mass is 35.5. The highest BCUT2D eigenvalue weighted by molar-refractivity contribution is 7.99. The Morgan fingerprint density at radius 3 is 2.71 bits per heavy atom. The van der Waals surface area contributed by atoms with Crippen LogP contribution < -0.4 is 0 Å². The molecule has 0 unspecified atom stereocenters. The number of nitrogens with zero attached hydrogens (tertiary/aromatic N) is 3. The van der Waals surface area contributed by atoms with E-state index in [9.17, 15) is 0 Å². The molecule has 3 nitrogen and oxygen atoms in total. The molecule has 6 heteroatoms. The second-order valence-electron chi connectivity index (χ2n) is 3.38. The molecular weight excluding hydrogens is 277 g/mol. The van der Waals surface area contributed by atoms with Crippen LogP contribution in [0.3, 0.4) is 0 Å². The maximum Gasteiger partial charge on any atom is 0.209 e. The molecule has 0 amide bonds. The molecule has 0 aliphatic rings. The highest BCUT2D eigenvalue weighted by Gasteiger charge is 2.09. The molecule has 0 saturated carbocycles. The van der Waals surface area contributed by atoms with Crippen LogP contribution in [-0.4, -0.2) is 20.5 Å². The number of hydrogen-bond acceptors (Lipinski definition) is 3. The molecule has 0 spiro atoms. The van der Waals surface area contributed by atoms with Gasteiger partial charge in [0.2, 0.25) is 5.16 Å². The number of halogens is 2. The second-order valence-corrected chi connectivity index (χ2v) is 5.43. The van der Waals surface area contributed by atoms with Crippen LogP contribution in [-0.2, 0) is 0 Å². The maximum atomic E-state index is 5.99. The molecule has 0 N–H and O–H groups in total. The zero-order chi connectivity index (χ0) is 12.4. The normalized spacial score (nSPS) is 10.8. The Bertz CT molecular complexity index is 540. The zero-order valence-corrected chi connectivity index (χ0v) is 11.8. The van der Waals surface area contributed by atoms with E-state index >= 15 is 0 Å². The smallest absolute Gasteiger partial charge is 0.209 e. The van der Waals surface area contributed by atoms with Gasteiger partial charge in [-0.25, -0.2) is 9.67 Å². The van der Waals surface area contributed by atoms with E-state index in [1.807, 2.05) is 13.0 Å². The molecule has 1 aromatic heterocycles. The third-order valence-corrected chi connectivity index (χ3v) is 3.63. The largest absolute Gasteiger partial charge is 0.217 e. The number of aryl methyl sites for hydroxylation is 1. The number of rotatable bonds is 3. The van der Waals surface area contributed by atoms with Crippen LogP contribution in [0.1, 0.15) is 12.7 Å². The molecule has 0 radical (unpaired) electrons. The third-order valence-electron chi connectivity index (χ3n) is 2.17. The molecule has 1 aromatic carbocycles. The molecule has 2 aromatic rings. The van der Waals surface area contributed by atoms with Crippen molar-refractivity contribution in [1.29, 1.82) is 0 Å². The Labute approximate surface area is 114 Å². The lowest BCUT2D eigenvalue weighted by Gasteiger charge is -2.03. The summed E-state index contributed by atoms with van der Waals surface area (Å²) in [5.74, 6) is 1.78. The molecule has 0 aliphatic carbocycles. The Balaban J connectivity index is 2.41. The first kappa shape index (κ1) is 12.7. The standard InChI is InChI=1S/C11H11Cl2N3S/c1-3-17-11-14-7(2)16(15-11)8-4-5-9(12)10(13)6-8/h4-6H,3H2,1-2H3. The average Bonchev–Trinajstić information content (AvgIpc) is 2.64. The maximum absolute atomic E-state index is 5.99. The van der Waals surface area contributed by atoms with Gasteiger partial charge in [0.1, 0.15) is 5.82 Å². The molecule has 0 fully saturated rings. The minimum Gasteiger partial charge on any atom is -0.217 e. The van der Waals surface area contributed by atoms with E-state index in [1.54, 1.807) is 28.6 Å². The molecule has 0 atom stereocenters. The van der Waals surface area contributed by atoms with Crippen molar-refractivity contribution in [2.75, 3.05) is 5.75 Å². The van der Waals surface area contributed by atoms with Crippen molar-refractivity contribution in [1.82, 2.24) is 14.8 Å². The van der Waals surface area contributed by atoms with Gasteiger partial charge in [0, 0.05) is 0 Å². The molecule has 0 bridgehead atoms. The van der Waals surface area contributed by atoms with Crippen molar-refractivity contribution < 1.29 is 0 Å². The lowest BCUT2D eigenvalue weighted by Crippen LogP contribution is -1.99. The summed E-state index contributed by atoms with van der Waals surface area (Å²) in [5, 5.41) is 6.24. The SMILES string of the molecule is CCSc1nc(C)n(-c2ccc(Cl)c(Cl)c2)n1. The number of thioether (sulfide) groups is 1. The Morgan fingerprint density at radius 1 is 1.29 bits per heavy atom. The quantitative estimate of drug-likeness (QED) is 0.800. The van der Waals surface area contributed by atoms with Crippen molar-refractivity contribution in [2.24, 2.45) is 0 Å². The van der Waals surface area contributed by atoms with Gasteiger partial charge in [0.05, 0.1) is 15.7 Å². The first-order chi connectivity index (χ1) is 8.11. The highest BCUT2D eigenvalue weighted by Crippen LogP contribution is 2.25. The number of aromatic nitrogens is 3. The van der Waals surface area contributed by atoms with Gasteiger partial charge in [-0.05, 0) is 30.9 Å². The van der Waals surface area contributed by atoms with Gasteiger partial charge < -0.3 is 0 Å². The summed E-state index contributed by atoms with van der Waals surface area (Å²) in [6, 6.07) is 5.41. The summed E-state index contributed by atoms with van der Waals surface area (Å²) in [6.07, 6.45) is 0. The van der Waals surface area contributed by atoms with Gasteiger partial charge in [-0.3, -0.25) is 0 Å². The van der Waals surface area contributed by atoms with Crippen molar-refractivity contribution >= 4 is 35.0 Å². The van der Waals surface area contributed by atoms with Crippen LogP contribution in [0.4, 0.5) is 0 Å². The lowest BCUT2D eigenvalue weighted by atomic mass is 10.3. The number of hydrogen-bond donors (Lipinski definition) is 0. The van der Waals surface area contributed by atoms with Gasteiger partial charge in [0.15, 0.2) is 0 Å². The van der Waals surface area contributed by atoms with E-state index in [4.69, 9.17) is 23.2 Å². The van der Waals surface area contributed by atoms with Gasteiger partial charge in [-0.1, -0.05) is 41.9 Å². The Hall–Kier alpha value is -0.710. The van der Waals surface area contributed by atoms with Crippen LogP contribution in [0.15, 0.2) is 23.4 Å². The summed E-state index contributed by atoms with van der Waals surface area (Å²) in [7, 11) is 0. The first-order valence-electron chi connectivity index (χ1n) is 5.13. The molecule has 1 heterocycles. The topological polar surface area (TPSA) is 30.7 Å². The van der Waals surface area contributed by atoms with Crippen LogP contribution >= 0.6 is 35.0 Å². The number of benzene rings is 1. The summed E-state index contributed by atoms with van der Waals surface area (Å²) in [6.45, 7) is 3.98. The fourth-order valence-electron chi connectivity index (χ4n) is 1.42. The van der Waals surface area contributed by atoms with Gasteiger partial charge in [-0.2, -0.15) is 0 Å². The molecule has 0 aliphatic heterocycles. The summed E-state index contributed by atoms with van der Waals surface area (Å²) in [4.78, 5) is 4.37. The summed E-state index contributed by atoms with van der Waals surface area (Å²) >= 11 is 13.5. The predicted octanol–water partition coefficient (Wildman–Crippen LogP) is 3.99. The molecule has 2 rings (SSSR count). The van der Waals surface area contributed by atoms with Crippen molar-refractivity contribution in [3.8, 4) is 5.69 Å². The minimum absolute atomic E-state index is 0.517. The zero-order valence-electron chi connectivity index (χ0n) is 9.44. The van der Waals surface area contributed by atoms with Crippen LogP contribution in [0, 0.1) is 6.92 Å². The van der Waals surface area contributed by atoms with E-state index in [0.29, 0.717) is 10.0 Å². The van der Waals surface area contributed by atoms with Crippen LogP contribution in [0.5, 0.6) is 0 Å². The van der Waals surface area contributed by atoms with Gasteiger partial charge in [-0.15, -0.1) is 5.10 Å². The predicted molar refractivity (Wildman–Crippen MR) is 72.5 cm³/mol. The molecule has 17 heavy (non-hydrogen) atoms. The molecule has 0 saturated heterocycles. The monoisotopic (exact) mass is 287 g/mol. The summed E-state index contributed by atoms with van der Waals surface area (Å²) < 4.78 is 1.76. The van der Waals surface area contributed by atoms with Crippen molar-refractivity contribution in [2.45, 2.75) is 19.0 Å². The van der Waals surface area contributed by atoms with E-state index in [0.717, 1.165) is 22.4 Å². The molecular formula is C11H11Cl2N3S. The van der Waals surface area contributed by atoms with E-state index in [1.165, 1.54) is 0 Å². The first-order valence-corrected chi connectivity index (χ1v) is 6.88. The van der Waals surface area contributed by atoms with E-state index in [-0.39, 0.29) is 0 Å².